The number of carbonyl (C=O) groups excluding carboxylic acids is 3. The third-order valence-corrected chi connectivity index (χ3v) is 6.01. The average molecular weight is 486 g/mol. The van der Waals surface area contributed by atoms with Crippen molar-refractivity contribution >= 4 is 35.1 Å². The van der Waals surface area contributed by atoms with Gasteiger partial charge in [-0.05, 0) is 35.4 Å². The van der Waals surface area contributed by atoms with Crippen LogP contribution in [0, 0.1) is 5.41 Å². The number of rotatable bonds is 8. The molecule has 0 radical (unpaired) electrons. The molecule has 36 heavy (non-hydrogen) atoms. The van der Waals surface area contributed by atoms with Crippen LogP contribution in [-0.2, 0) is 9.53 Å². The maximum Gasteiger partial charge on any atom is 0.324 e. The summed E-state index contributed by atoms with van der Waals surface area (Å²) in [5.74, 6) is -0.690. The molecule has 0 aliphatic carbocycles. The topological polar surface area (TPSA) is 129 Å². The predicted octanol–water partition coefficient (Wildman–Crippen LogP) is 3.70. The van der Waals surface area contributed by atoms with E-state index in [-0.39, 0.29) is 36.7 Å². The van der Waals surface area contributed by atoms with Crippen molar-refractivity contribution in [3.63, 3.8) is 0 Å². The lowest BCUT2D eigenvalue weighted by Gasteiger charge is -2.22. The molecule has 4 N–H and O–H groups in total. The maximum absolute atomic E-state index is 13.1. The minimum Gasteiger partial charge on any atom is -0.469 e. The van der Waals surface area contributed by atoms with Crippen molar-refractivity contribution in [1.82, 2.24) is 4.90 Å². The first kappa shape index (κ1) is 24.5. The van der Waals surface area contributed by atoms with E-state index >= 15 is 0 Å². The number of nitrogens with one attached hydrogen (secondary N) is 2. The van der Waals surface area contributed by atoms with Crippen LogP contribution < -0.4 is 16.0 Å². The van der Waals surface area contributed by atoms with Crippen molar-refractivity contribution in [2.45, 2.75) is 6.42 Å². The number of nitrogens with zero attached hydrogens (tertiary/aromatic N) is 2. The monoisotopic (exact) mass is 485 g/mol. The van der Waals surface area contributed by atoms with Crippen molar-refractivity contribution < 1.29 is 19.1 Å². The zero-order valence-electron chi connectivity index (χ0n) is 19.9. The fraction of sp³-hybridized carbons (Fsp3) is 0.185. The smallest absolute Gasteiger partial charge is 0.324 e. The van der Waals surface area contributed by atoms with E-state index < -0.39 is 0 Å². The van der Waals surface area contributed by atoms with Gasteiger partial charge in [-0.15, -0.1) is 0 Å². The molecule has 0 aromatic heterocycles. The van der Waals surface area contributed by atoms with Gasteiger partial charge in [0.2, 0.25) is 0 Å². The number of nitrogen functional groups attached to an aromatic ring is 1. The highest BCUT2D eigenvalue weighted by Crippen LogP contribution is 2.34. The molecule has 9 nitrogen and oxygen atoms in total. The van der Waals surface area contributed by atoms with Crippen LogP contribution in [0.4, 0.5) is 16.2 Å². The van der Waals surface area contributed by atoms with E-state index in [1.54, 1.807) is 52.3 Å². The van der Waals surface area contributed by atoms with Crippen LogP contribution >= 0.6 is 0 Å². The third kappa shape index (κ3) is 5.35. The molecule has 0 bridgehead atoms. The number of hydrogen-bond acceptors (Lipinski definition) is 5. The number of amides is 3. The Morgan fingerprint density at radius 3 is 2.33 bits per heavy atom. The Morgan fingerprint density at radius 1 is 0.972 bits per heavy atom. The Balaban J connectivity index is 1.65. The Labute approximate surface area is 209 Å². The highest BCUT2D eigenvalue weighted by molar-refractivity contribution is 6.08. The molecule has 3 amide bonds. The first-order chi connectivity index (χ1) is 17.4. The number of anilines is 2. The summed E-state index contributed by atoms with van der Waals surface area (Å²) >= 11 is 0. The highest BCUT2D eigenvalue weighted by Gasteiger charge is 2.31. The van der Waals surface area contributed by atoms with E-state index in [9.17, 15) is 14.4 Å². The van der Waals surface area contributed by atoms with Gasteiger partial charge in [0.1, 0.15) is 5.84 Å². The number of amidine groups is 1. The van der Waals surface area contributed by atoms with E-state index in [1.165, 1.54) is 7.11 Å². The molecule has 1 saturated heterocycles. The van der Waals surface area contributed by atoms with Crippen molar-refractivity contribution in [1.29, 1.82) is 5.41 Å². The molecule has 1 fully saturated rings. The van der Waals surface area contributed by atoms with Crippen LogP contribution in [0.15, 0.2) is 72.8 Å². The third-order valence-electron chi connectivity index (χ3n) is 6.01. The summed E-state index contributed by atoms with van der Waals surface area (Å²) in [6.45, 7) is 1.13. The van der Waals surface area contributed by atoms with Gasteiger partial charge >= 0.3 is 12.0 Å². The van der Waals surface area contributed by atoms with Gasteiger partial charge < -0.3 is 20.7 Å². The largest absolute Gasteiger partial charge is 0.469 e. The second-order valence-corrected chi connectivity index (χ2v) is 8.29. The minimum absolute atomic E-state index is 0.0167. The number of carbonyl (C=O) groups is 3. The molecule has 0 saturated carbocycles. The first-order valence-electron chi connectivity index (χ1n) is 11.5. The van der Waals surface area contributed by atoms with Gasteiger partial charge in [-0.1, -0.05) is 48.5 Å². The molecule has 9 heteroatoms. The molecule has 0 spiro atoms. The summed E-state index contributed by atoms with van der Waals surface area (Å²) in [6, 6.07) is 21.3. The van der Waals surface area contributed by atoms with Gasteiger partial charge in [-0.25, -0.2) is 4.79 Å². The van der Waals surface area contributed by atoms with Crippen LogP contribution in [0.3, 0.4) is 0 Å². The van der Waals surface area contributed by atoms with Crippen LogP contribution in [0.1, 0.15) is 22.3 Å². The number of nitrogens with two attached hydrogens (primary N) is 1. The van der Waals surface area contributed by atoms with Crippen molar-refractivity contribution in [3.8, 4) is 11.1 Å². The molecule has 3 aromatic carbocycles. The molecule has 1 heterocycles. The summed E-state index contributed by atoms with van der Waals surface area (Å²) in [6.07, 6.45) is 0.114. The number of methoxy groups -OCH3 is 1. The van der Waals surface area contributed by atoms with Gasteiger partial charge in [-0.3, -0.25) is 19.9 Å². The Bertz CT molecular complexity index is 1290. The number of esters is 1. The Kier molecular flexibility index (Phi) is 7.29. The lowest BCUT2D eigenvalue weighted by molar-refractivity contribution is -0.140. The summed E-state index contributed by atoms with van der Waals surface area (Å²) in [4.78, 5) is 40.8. The minimum atomic E-state index is -0.378. The molecular weight excluding hydrogens is 458 g/mol. The molecule has 184 valence electrons. The first-order valence-corrected chi connectivity index (χ1v) is 11.5. The summed E-state index contributed by atoms with van der Waals surface area (Å²) in [7, 11) is 1.32. The lowest BCUT2D eigenvalue weighted by Crippen LogP contribution is -2.33. The summed E-state index contributed by atoms with van der Waals surface area (Å²) < 4.78 is 4.68. The molecule has 0 atom stereocenters. The van der Waals surface area contributed by atoms with E-state index in [1.807, 2.05) is 30.3 Å². The fourth-order valence-corrected chi connectivity index (χ4v) is 4.02. The molecular formula is C27H27N5O4. The van der Waals surface area contributed by atoms with Crippen LogP contribution in [-0.4, -0.2) is 55.4 Å². The quantitative estimate of drug-likeness (QED) is 0.255. The SMILES string of the molecule is COC(=O)CCN1CCN(c2ccc(-c3ccc(C(=N)N)cc3)cc2NC(=O)c2ccccc2)C1=O. The van der Waals surface area contributed by atoms with Crippen molar-refractivity contribution in [2.75, 3.05) is 37.0 Å². The molecule has 1 aliphatic heterocycles. The van der Waals surface area contributed by atoms with Gasteiger partial charge in [-0.2, -0.15) is 0 Å². The number of ether oxygens (including phenoxy) is 1. The second-order valence-electron chi connectivity index (χ2n) is 8.29. The fourth-order valence-electron chi connectivity index (χ4n) is 4.02. The van der Waals surface area contributed by atoms with E-state index in [4.69, 9.17) is 11.1 Å². The predicted molar refractivity (Wildman–Crippen MR) is 138 cm³/mol. The zero-order chi connectivity index (χ0) is 25.7. The average Bonchev–Trinajstić information content (AvgIpc) is 3.27. The molecule has 4 rings (SSSR count). The maximum atomic E-state index is 13.1. The Hall–Kier alpha value is -4.66. The van der Waals surface area contributed by atoms with E-state index in [0.29, 0.717) is 35.6 Å². The van der Waals surface area contributed by atoms with Gasteiger partial charge in [0.25, 0.3) is 5.91 Å². The Morgan fingerprint density at radius 2 is 1.67 bits per heavy atom. The number of hydrogen-bond donors (Lipinski definition) is 3. The van der Waals surface area contributed by atoms with Gasteiger partial charge in [0, 0.05) is 30.8 Å². The van der Waals surface area contributed by atoms with Crippen molar-refractivity contribution in [3.05, 3.63) is 83.9 Å². The normalized spacial score (nSPS) is 13.0. The van der Waals surface area contributed by atoms with Crippen LogP contribution in [0.5, 0.6) is 0 Å². The molecule has 3 aromatic rings. The van der Waals surface area contributed by atoms with Gasteiger partial charge in [0.05, 0.1) is 24.9 Å². The molecule has 1 aliphatic rings. The lowest BCUT2D eigenvalue weighted by atomic mass is 10.0. The zero-order valence-corrected chi connectivity index (χ0v) is 19.9. The van der Waals surface area contributed by atoms with E-state index in [2.05, 4.69) is 10.1 Å². The second kappa shape index (κ2) is 10.7. The summed E-state index contributed by atoms with van der Waals surface area (Å²) in [5.41, 5.74) is 9.42. The standard InChI is InChI=1S/C27H27N5O4/c1-36-24(33)13-14-31-15-16-32(27(31)35)23-12-11-21(18-7-9-19(10-8-18)25(28)29)17-22(23)30-26(34)20-5-3-2-4-6-20/h2-12,17H,13-16H2,1H3,(H3,28,29)(H,30,34). The van der Waals surface area contributed by atoms with Crippen LogP contribution in [0.2, 0.25) is 0 Å². The van der Waals surface area contributed by atoms with E-state index in [0.717, 1.165) is 11.1 Å². The summed E-state index contributed by atoms with van der Waals surface area (Å²) in [5, 5.41) is 10.5. The number of urea groups is 1. The highest BCUT2D eigenvalue weighted by atomic mass is 16.5. The molecule has 0 unspecified atom stereocenters. The number of benzene rings is 3. The van der Waals surface area contributed by atoms with Gasteiger partial charge in [0.15, 0.2) is 0 Å². The van der Waals surface area contributed by atoms with Crippen LogP contribution in [0.25, 0.3) is 11.1 Å². The van der Waals surface area contributed by atoms with Crippen molar-refractivity contribution in [2.24, 2.45) is 5.73 Å².